The summed E-state index contributed by atoms with van der Waals surface area (Å²) < 4.78 is 0.654. The van der Waals surface area contributed by atoms with Crippen molar-refractivity contribution in [2.24, 2.45) is 5.92 Å². The molecule has 0 bridgehead atoms. The molecule has 0 spiro atoms. The Hall–Kier alpha value is -1.01. The first-order valence-corrected chi connectivity index (χ1v) is 5.04. The molecule has 0 aromatic carbocycles. The molecule has 2 rings (SSSR count). The van der Waals surface area contributed by atoms with Gasteiger partial charge < -0.3 is 10.6 Å². The fraction of sp³-hybridized carbons (Fsp3) is 0.375. The van der Waals surface area contributed by atoms with E-state index < -0.39 is 0 Å². The van der Waals surface area contributed by atoms with Gasteiger partial charge in [-0.05, 0) is 15.9 Å². The number of aromatic nitrogens is 2. The van der Waals surface area contributed by atoms with Crippen LogP contribution in [0.5, 0.6) is 0 Å². The van der Waals surface area contributed by atoms with Crippen molar-refractivity contribution >= 4 is 27.7 Å². The van der Waals surface area contributed by atoms with Crippen LogP contribution in [-0.4, -0.2) is 29.0 Å². The second kappa shape index (κ2) is 4.02. The number of anilines is 1. The van der Waals surface area contributed by atoms with E-state index in [-0.39, 0.29) is 11.8 Å². The zero-order chi connectivity index (χ0) is 9.97. The number of nitrogens with zero attached hydrogens (tertiary/aromatic N) is 2. The van der Waals surface area contributed by atoms with Gasteiger partial charge >= 0.3 is 0 Å². The highest BCUT2D eigenvalue weighted by atomic mass is 79.9. The highest BCUT2D eigenvalue weighted by Gasteiger charge is 2.24. The lowest BCUT2D eigenvalue weighted by Crippen LogP contribution is -2.48. The molecule has 0 unspecified atom stereocenters. The largest absolute Gasteiger partial charge is 0.315 e. The number of carbonyl (C=O) groups excluding carboxylic acids is 1. The molecule has 2 N–H and O–H groups in total. The van der Waals surface area contributed by atoms with Gasteiger partial charge in [-0.25, -0.2) is 9.97 Å². The summed E-state index contributed by atoms with van der Waals surface area (Å²) >= 11 is 3.17. The molecule has 1 aromatic rings. The lowest BCUT2D eigenvalue weighted by Gasteiger charge is -2.25. The van der Waals surface area contributed by atoms with Crippen molar-refractivity contribution in [3.05, 3.63) is 17.0 Å². The minimum atomic E-state index is 0.000345. The Morgan fingerprint density at radius 1 is 1.50 bits per heavy atom. The van der Waals surface area contributed by atoms with Crippen molar-refractivity contribution in [1.82, 2.24) is 15.3 Å². The third kappa shape index (κ3) is 2.08. The SMILES string of the molecule is O=C(Nc1cnc(Br)cn1)C1CNC1. The van der Waals surface area contributed by atoms with Crippen molar-refractivity contribution in [2.75, 3.05) is 18.4 Å². The maximum absolute atomic E-state index is 11.4. The third-order valence-electron chi connectivity index (χ3n) is 2.02. The monoisotopic (exact) mass is 256 g/mol. The van der Waals surface area contributed by atoms with Gasteiger partial charge in [0.2, 0.25) is 5.91 Å². The van der Waals surface area contributed by atoms with Gasteiger partial charge in [-0.1, -0.05) is 0 Å². The normalized spacial score (nSPS) is 16.1. The Bertz CT molecular complexity index is 336. The van der Waals surface area contributed by atoms with Gasteiger partial charge in [0.1, 0.15) is 4.60 Å². The Labute approximate surface area is 89.5 Å². The molecule has 1 aromatic heterocycles. The van der Waals surface area contributed by atoms with Crippen molar-refractivity contribution in [3.8, 4) is 0 Å². The molecule has 1 amide bonds. The number of nitrogens with one attached hydrogen (secondary N) is 2. The zero-order valence-electron chi connectivity index (χ0n) is 7.33. The second-order valence-corrected chi connectivity index (χ2v) is 3.88. The van der Waals surface area contributed by atoms with E-state index in [1.54, 1.807) is 6.20 Å². The maximum atomic E-state index is 11.4. The quantitative estimate of drug-likeness (QED) is 0.804. The molecular formula is C8H9BrN4O. The number of rotatable bonds is 2. The summed E-state index contributed by atoms with van der Waals surface area (Å²) in [6, 6.07) is 0. The van der Waals surface area contributed by atoms with Crippen LogP contribution in [0.4, 0.5) is 5.82 Å². The van der Waals surface area contributed by atoms with Gasteiger partial charge in [0.05, 0.1) is 18.3 Å². The smallest absolute Gasteiger partial charge is 0.231 e. The second-order valence-electron chi connectivity index (χ2n) is 3.07. The number of hydrogen-bond donors (Lipinski definition) is 2. The molecule has 6 heteroatoms. The van der Waals surface area contributed by atoms with E-state index in [2.05, 4.69) is 36.5 Å². The molecular weight excluding hydrogens is 248 g/mol. The third-order valence-corrected chi connectivity index (χ3v) is 2.43. The topological polar surface area (TPSA) is 66.9 Å². The first-order valence-electron chi connectivity index (χ1n) is 4.25. The lowest BCUT2D eigenvalue weighted by molar-refractivity contribution is -0.121. The minimum Gasteiger partial charge on any atom is -0.315 e. The standard InChI is InChI=1S/C8H9BrN4O/c9-6-3-12-7(4-11-6)13-8(14)5-1-10-2-5/h3-5,10H,1-2H2,(H,12,13,14). The fourth-order valence-electron chi connectivity index (χ4n) is 1.08. The molecule has 5 nitrogen and oxygen atoms in total. The first kappa shape index (κ1) is 9.54. The first-order chi connectivity index (χ1) is 6.75. The summed E-state index contributed by atoms with van der Waals surface area (Å²) in [6.07, 6.45) is 3.07. The molecule has 2 heterocycles. The van der Waals surface area contributed by atoms with Gasteiger partial charge in [0, 0.05) is 13.1 Å². The van der Waals surface area contributed by atoms with E-state index in [9.17, 15) is 4.79 Å². The highest BCUT2D eigenvalue weighted by molar-refractivity contribution is 9.10. The highest BCUT2D eigenvalue weighted by Crippen LogP contribution is 2.09. The zero-order valence-corrected chi connectivity index (χ0v) is 8.91. The van der Waals surface area contributed by atoms with Gasteiger partial charge in [0.25, 0.3) is 0 Å². The fourth-order valence-corrected chi connectivity index (χ4v) is 1.28. The van der Waals surface area contributed by atoms with Gasteiger partial charge in [0.15, 0.2) is 5.82 Å². The lowest BCUT2D eigenvalue weighted by atomic mass is 10.0. The Morgan fingerprint density at radius 3 is 2.79 bits per heavy atom. The van der Waals surface area contributed by atoms with Crippen LogP contribution >= 0.6 is 15.9 Å². The summed E-state index contributed by atoms with van der Waals surface area (Å²) in [5.74, 6) is 0.561. The van der Waals surface area contributed by atoms with Crippen molar-refractivity contribution in [2.45, 2.75) is 0 Å². The van der Waals surface area contributed by atoms with Crippen LogP contribution in [-0.2, 0) is 4.79 Å². The van der Waals surface area contributed by atoms with E-state index in [0.717, 1.165) is 13.1 Å². The molecule has 1 aliphatic rings. The molecule has 1 saturated heterocycles. The summed E-state index contributed by atoms with van der Waals surface area (Å²) in [5, 5.41) is 5.73. The van der Waals surface area contributed by atoms with Crippen LogP contribution in [0.1, 0.15) is 0 Å². The van der Waals surface area contributed by atoms with E-state index >= 15 is 0 Å². The van der Waals surface area contributed by atoms with E-state index in [1.807, 2.05) is 0 Å². The van der Waals surface area contributed by atoms with Crippen LogP contribution in [0, 0.1) is 5.92 Å². The van der Waals surface area contributed by atoms with Crippen molar-refractivity contribution in [3.63, 3.8) is 0 Å². The van der Waals surface area contributed by atoms with E-state index in [1.165, 1.54) is 6.20 Å². The van der Waals surface area contributed by atoms with E-state index in [0.29, 0.717) is 10.4 Å². The van der Waals surface area contributed by atoms with Crippen molar-refractivity contribution < 1.29 is 4.79 Å². The minimum absolute atomic E-state index is 0.000345. The van der Waals surface area contributed by atoms with Gasteiger partial charge in [-0.3, -0.25) is 4.79 Å². The summed E-state index contributed by atoms with van der Waals surface area (Å²) in [7, 11) is 0. The number of hydrogen-bond acceptors (Lipinski definition) is 4. The molecule has 0 radical (unpaired) electrons. The molecule has 1 aliphatic heterocycles. The average molecular weight is 257 g/mol. The van der Waals surface area contributed by atoms with Crippen LogP contribution in [0.2, 0.25) is 0 Å². The number of amides is 1. The Kier molecular flexibility index (Phi) is 2.74. The predicted octanol–water partition coefficient (Wildman–Crippen LogP) is 0.397. The molecule has 14 heavy (non-hydrogen) atoms. The Balaban J connectivity index is 1.96. The van der Waals surface area contributed by atoms with Gasteiger partial charge in [-0.15, -0.1) is 0 Å². The molecule has 0 aliphatic carbocycles. The number of halogens is 1. The van der Waals surface area contributed by atoms with Crippen molar-refractivity contribution in [1.29, 1.82) is 0 Å². The summed E-state index contributed by atoms with van der Waals surface area (Å²) in [5.41, 5.74) is 0. The average Bonchev–Trinajstić information content (AvgIpc) is 2.06. The maximum Gasteiger partial charge on any atom is 0.231 e. The van der Waals surface area contributed by atoms with E-state index in [4.69, 9.17) is 0 Å². The molecule has 0 atom stereocenters. The van der Waals surface area contributed by atoms with Crippen LogP contribution in [0.3, 0.4) is 0 Å². The molecule has 74 valence electrons. The molecule has 1 fully saturated rings. The van der Waals surface area contributed by atoms with Crippen LogP contribution in [0.25, 0.3) is 0 Å². The van der Waals surface area contributed by atoms with Crippen LogP contribution < -0.4 is 10.6 Å². The van der Waals surface area contributed by atoms with Gasteiger partial charge in [-0.2, -0.15) is 0 Å². The molecule has 0 saturated carbocycles. The Morgan fingerprint density at radius 2 is 2.29 bits per heavy atom. The number of carbonyl (C=O) groups is 1. The van der Waals surface area contributed by atoms with Crippen LogP contribution in [0.15, 0.2) is 17.0 Å². The summed E-state index contributed by atoms with van der Waals surface area (Å²) in [6.45, 7) is 1.49. The summed E-state index contributed by atoms with van der Waals surface area (Å²) in [4.78, 5) is 19.4. The predicted molar refractivity (Wildman–Crippen MR) is 54.7 cm³/mol.